The van der Waals surface area contributed by atoms with Crippen molar-refractivity contribution in [3.05, 3.63) is 23.2 Å². The molecule has 0 spiro atoms. The molecule has 0 atom stereocenters. The molecule has 5 heteroatoms. The van der Waals surface area contributed by atoms with E-state index in [-0.39, 0.29) is 5.54 Å². The van der Waals surface area contributed by atoms with Gasteiger partial charge in [-0.15, -0.1) is 0 Å². The molecule has 0 aliphatic rings. The van der Waals surface area contributed by atoms with Gasteiger partial charge in [0.25, 0.3) is 0 Å². The summed E-state index contributed by atoms with van der Waals surface area (Å²) >= 11 is 3.41. The Morgan fingerprint density at radius 1 is 1.47 bits per heavy atom. The Bertz CT molecular complexity index is 518. The van der Waals surface area contributed by atoms with Gasteiger partial charge in [-0.1, -0.05) is 13.3 Å². The van der Waals surface area contributed by atoms with Gasteiger partial charge in [0, 0.05) is 24.1 Å². The molecule has 0 saturated heterocycles. The van der Waals surface area contributed by atoms with Crippen LogP contribution in [0.5, 0.6) is 0 Å². The fourth-order valence-electron chi connectivity index (χ4n) is 1.99. The molecule has 92 valence electrons. The van der Waals surface area contributed by atoms with Crippen molar-refractivity contribution in [3.8, 4) is 0 Å². The number of hydrogen-bond donors (Lipinski definition) is 1. The molecule has 4 nitrogen and oxygen atoms in total. The van der Waals surface area contributed by atoms with E-state index >= 15 is 0 Å². The molecule has 17 heavy (non-hydrogen) atoms. The summed E-state index contributed by atoms with van der Waals surface area (Å²) in [7, 11) is 0. The Hall–Kier alpha value is -1.10. The van der Waals surface area contributed by atoms with Crippen molar-refractivity contribution >= 4 is 27.4 Å². The summed E-state index contributed by atoms with van der Waals surface area (Å²) in [5.41, 5.74) is 0.881. The first-order valence-corrected chi connectivity index (χ1v) is 6.58. The Morgan fingerprint density at radius 2 is 2.24 bits per heavy atom. The van der Waals surface area contributed by atoms with E-state index in [0.29, 0.717) is 0 Å². The summed E-state index contributed by atoms with van der Waals surface area (Å²) in [5.74, 6) is 0.822. The van der Waals surface area contributed by atoms with Crippen LogP contribution in [-0.2, 0) is 0 Å². The van der Waals surface area contributed by atoms with Crippen molar-refractivity contribution in [1.29, 1.82) is 0 Å². The highest BCUT2D eigenvalue weighted by Gasteiger charge is 2.19. The molecular weight excluding hydrogens is 280 g/mol. The first-order chi connectivity index (χ1) is 8.02. The maximum atomic E-state index is 4.46. The Labute approximate surface area is 110 Å². The smallest absolute Gasteiger partial charge is 0.180 e. The maximum absolute atomic E-state index is 4.46. The van der Waals surface area contributed by atoms with E-state index in [1.165, 1.54) is 0 Å². The second-order valence-corrected chi connectivity index (χ2v) is 5.64. The van der Waals surface area contributed by atoms with Gasteiger partial charge in [0.15, 0.2) is 11.5 Å². The van der Waals surface area contributed by atoms with E-state index in [4.69, 9.17) is 0 Å². The van der Waals surface area contributed by atoms with E-state index < -0.39 is 0 Å². The van der Waals surface area contributed by atoms with E-state index in [0.717, 1.165) is 28.9 Å². The van der Waals surface area contributed by atoms with Crippen molar-refractivity contribution in [2.75, 3.05) is 5.32 Å². The fraction of sp³-hybridized carbons (Fsp3) is 0.500. The quantitative estimate of drug-likeness (QED) is 0.939. The Kier molecular flexibility index (Phi) is 3.38. The van der Waals surface area contributed by atoms with Gasteiger partial charge in [-0.3, -0.25) is 0 Å². The number of fused-ring (bicyclic) bond motifs is 1. The van der Waals surface area contributed by atoms with Gasteiger partial charge in [-0.05, 0) is 36.2 Å². The normalized spacial score (nSPS) is 12.0. The summed E-state index contributed by atoms with van der Waals surface area (Å²) in [4.78, 5) is 8.78. The summed E-state index contributed by atoms with van der Waals surface area (Å²) in [6.45, 7) is 6.54. The average molecular weight is 297 g/mol. The number of rotatable bonds is 4. The van der Waals surface area contributed by atoms with E-state index in [2.05, 4.69) is 52.0 Å². The van der Waals surface area contributed by atoms with Crippen LogP contribution >= 0.6 is 15.9 Å². The second-order valence-electron chi connectivity index (χ2n) is 4.83. The molecule has 0 aliphatic carbocycles. The topological polar surface area (TPSA) is 42.2 Å². The molecule has 2 heterocycles. The molecule has 2 rings (SSSR count). The molecule has 0 fully saturated rings. The predicted molar refractivity (Wildman–Crippen MR) is 73.3 cm³/mol. The number of nitrogens with zero attached hydrogens (tertiary/aromatic N) is 3. The minimum Gasteiger partial charge on any atom is -0.362 e. The van der Waals surface area contributed by atoms with E-state index in [9.17, 15) is 0 Å². The van der Waals surface area contributed by atoms with Crippen LogP contribution in [-0.4, -0.2) is 19.9 Å². The molecule has 0 aromatic carbocycles. The first-order valence-electron chi connectivity index (χ1n) is 5.79. The lowest BCUT2D eigenvalue weighted by atomic mass is 9.99. The highest BCUT2D eigenvalue weighted by molar-refractivity contribution is 9.10. The molecule has 0 amide bonds. The van der Waals surface area contributed by atoms with Gasteiger partial charge in [0.2, 0.25) is 0 Å². The third kappa shape index (κ3) is 2.77. The molecule has 0 radical (unpaired) electrons. The van der Waals surface area contributed by atoms with Crippen molar-refractivity contribution in [2.24, 2.45) is 0 Å². The van der Waals surface area contributed by atoms with Gasteiger partial charge in [-0.25, -0.2) is 9.97 Å². The Balaban J connectivity index is 2.37. The van der Waals surface area contributed by atoms with Crippen molar-refractivity contribution < 1.29 is 0 Å². The molecule has 0 unspecified atom stereocenters. The van der Waals surface area contributed by atoms with Crippen molar-refractivity contribution in [3.63, 3.8) is 0 Å². The first kappa shape index (κ1) is 12.4. The minimum atomic E-state index is 0.0228. The molecule has 1 N–H and O–H groups in total. The van der Waals surface area contributed by atoms with Crippen LogP contribution < -0.4 is 5.32 Å². The standard InChI is InChI=1S/C12H17BrN4/c1-4-5-12(2,3)16-10-11-14-6-7-17(11)8-9(13)15-10/h6-8H,4-5H2,1-3H3,(H,15,16). The van der Waals surface area contributed by atoms with Crippen molar-refractivity contribution in [2.45, 2.75) is 39.2 Å². The van der Waals surface area contributed by atoms with Gasteiger partial charge in [0.05, 0.1) is 0 Å². The third-order valence-corrected chi connectivity index (χ3v) is 3.06. The van der Waals surface area contributed by atoms with Crippen LogP contribution in [0.15, 0.2) is 23.2 Å². The number of nitrogens with one attached hydrogen (secondary N) is 1. The second kappa shape index (κ2) is 4.64. The highest BCUT2D eigenvalue weighted by atomic mass is 79.9. The zero-order valence-electron chi connectivity index (χ0n) is 10.4. The van der Waals surface area contributed by atoms with Crippen LogP contribution in [0.25, 0.3) is 5.65 Å². The van der Waals surface area contributed by atoms with Crippen LogP contribution in [0, 0.1) is 0 Å². The molecule has 2 aromatic rings. The molecular formula is C12H17BrN4. The van der Waals surface area contributed by atoms with Gasteiger partial charge < -0.3 is 9.72 Å². The van der Waals surface area contributed by atoms with Gasteiger partial charge in [-0.2, -0.15) is 0 Å². The van der Waals surface area contributed by atoms with E-state index in [1.54, 1.807) is 6.20 Å². The number of anilines is 1. The number of halogens is 1. The summed E-state index contributed by atoms with van der Waals surface area (Å²) in [6.07, 6.45) is 7.83. The number of hydrogen-bond acceptors (Lipinski definition) is 3. The molecule has 0 aliphatic heterocycles. The Morgan fingerprint density at radius 3 is 2.94 bits per heavy atom. The van der Waals surface area contributed by atoms with Gasteiger partial charge >= 0.3 is 0 Å². The van der Waals surface area contributed by atoms with Crippen LogP contribution in [0.3, 0.4) is 0 Å². The molecule has 0 saturated carbocycles. The minimum absolute atomic E-state index is 0.0228. The summed E-state index contributed by atoms with van der Waals surface area (Å²) < 4.78 is 2.76. The third-order valence-electron chi connectivity index (χ3n) is 2.68. The van der Waals surface area contributed by atoms with Crippen LogP contribution in [0.1, 0.15) is 33.6 Å². The zero-order chi connectivity index (χ0) is 12.5. The number of imidazole rings is 1. The largest absolute Gasteiger partial charge is 0.362 e. The summed E-state index contributed by atoms with van der Waals surface area (Å²) in [5, 5.41) is 3.46. The lowest BCUT2D eigenvalue weighted by Gasteiger charge is -2.26. The maximum Gasteiger partial charge on any atom is 0.180 e. The van der Waals surface area contributed by atoms with Gasteiger partial charge in [0.1, 0.15) is 4.60 Å². The fourth-order valence-corrected chi connectivity index (χ4v) is 2.39. The lowest BCUT2D eigenvalue weighted by molar-refractivity contribution is 0.509. The average Bonchev–Trinajstić information content (AvgIpc) is 2.64. The van der Waals surface area contributed by atoms with Crippen molar-refractivity contribution in [1.82, 2.24) is 14.4 Å². The summed E-state index contributed by atoms with van der Waals surface area (Å²) in [6, 6.07) is 0. The molecule has 0 bridgehead atoms. The van der Waals surface area contributed by atoms with Crippen LogP contribution in [0.2, 0.25) is 0 Å². The monoisotopic (exact) mass is 296 g/mol. The van der Waals surface area contributed by atoms with Crippen LogP contribution in [0.4, 0.5) is 5.82 Å². The van der Waals surface area contributed by atoms with E-state index in [1.807, 2.05) is 16.8 Å². The number of aromatic nitrogens is 3. The molecule has 2 aromatic heterocycles. The highest BCUT2D eigenvalue weighted by Crippen LogP contribution is 2.23. The lowest BCUT2D eigenvalue weighted by Crippen LogP contribution is -2.31. The predicted octanol–water partition coefficient (Wildman–Crippen LogP) is 3.48. The zero-order valence-corrected chi connectivity index (χ0v) is 12.0. The SMILES string of the molecule is CCCC(C)(C)Nc1nc(Br)cn2ccnc12.